The average Bonchev–Trinajstić information content (AvgIpc) is 3.12. The van der Waals surface area contributed by atoms with Gasteiger partial charge in [0.1, 0.15) is 6.04 Å². The second kappa shape index (κ2) is 6.63. The number of nitrogens with zero attached hydrogens (tertiary/aromatic N) is 4. The van der Waals surface area contributed by atoms with Crippen LogP contribution in [0.3, 0.4) is 0 Å². The van der Waals surface area contributed by atoms with Crippen LogP contribution in [0.15, 0.2) is 31.0 Å². The molecule has 9 heteroatoms. The van der Waals surface area contributed by atoms with Crippen molar-refractivity contribution in [3.8, 4) is 0 Å². The minimum Gasteiger partial charge on any atom is -0.354 e. The molecular formula is C13H16F3N5O. The fraction of sp³-hybridized carbons (Fsp3) is 0.462. The Kier molecular flexibility index (Phi) is 4.84. The molecule has 1 unspecified atom stereocenters. The van der Waals surface area contributed by atoms with Gasteiger partial charge in [0.25, 0.3) is 0 Å². The first-order valence-corrected chi connectivity index (χ1v) is 6.74. The number of imidazole rings is 1. The highest BCUT2D eigenvalue weighted by molar-refractivity contribution is 5.79. The Morgan fingerprint density at radius 3 is 2.77 bits per heavy atom. The molecule has 0 bridgehead atoms. The van der Waals surface area contributed by atoms with Crippen molar-refractivity contribution in [3.05, 3.63) is 36.7 Å². The molecule has 2 aromatic heterocycles. The highest BCUT2D eigenvalue weighted by Crippen LogP contribution is 2.27. The molecule has 2 rings (SSSR count). The predicted molar refractivity (Wildman–Crippen MR) is 71.8 cm³/mol. The third-order valence-electron chi connectivity index (χ3n) is 3.13. The van der Waals surface area contributed by atoms with E-state index in [1.807, 2.05) is 10.8 Å². The standard InChI is InChI=1S/C13H16F3N5O/c1-10(21-7-3-11(19-21)13(14,15)16)12(22)18-4-2-6-20-8-5-17-9-20/h3,5,7-10H,2,4,6H2,1H3,(H,18,22). The third-order valence-corrected chi connectivity index (χ3v) is 3.13. The van der Waals surface area contributed by atoms with Crippen LogP contribution in [0.25, 0.3) is 0 Å². The van der Waals surface area contributed by atoms with Crippen molar-refractivity contribution in [2.45, 2.75) is 32.1 Å². The lowest BCUT2D eigenvalue weighted by molar-refractivity contribution is -0.142. The predicted octanol–water partition coefficient (Wildman–Crippen LogP) is 1.87. The summed E-state index contributed by atoms with van der Waals surface area (Å²) in [6, 6.07) is 0.0485. The summed E-state index contributed by atoms with van der Waals surface area (Å²) in [7, 11) is 0. The number of carbonyl (C=O) groups excluding carboxylic acids is 1. The number of rotatable bonds is 6. The molecule has 120 valence electrons. The van der Waals surface area contributed by atoms with Gasteiger partial charge < -0.3 is 9.88 Å². The fourth-order valence-corrected chi connectivity index (χ4v) is 1.86. The van der Waals surface area contributed by atoms with Crippen molar-refractivity contribution in [2.75, 3.05) is 6.54 Å². The number of amides is 1. The van der Waals surface area contributed by atoms with Crippen LogP contribution in [-0.4, -0.2) is 31.8 Å². The van der Waals surface area contributed by atoms with E-state index in [0.29, 0.717) is 19.5 Å². The second-order valence-corrected chi connectivity index (χ2v) is 4.80. The van der Waals surface area contributed by atoms with E-state index in [9.17, 15) is 18.0 Å². The Morgan fingerprint density at radius 2 is 2.18 bits per heavy atom. The molecule has 22 heavy (non-hydrogen) atoms. The Bertz CT molecular complexity index is 605. The maximum atomic E-state index is 12.5. The maximum absolute atomic E-state index is 12.5. The van der Waals surface area contributed by atoms with Crippen LogP contribution in [0.5, 0.6) is 0 Å². The summed E-state index contributed by atoms with van der Waals surface area (Å²) in [5.41, 5.74) is -1.01. The first-order valence-electron chi connectivity index (χ1n) is 6.74. The van der Waals surface area contributed by atoms with E-state index in [1.54, 1.807) is 12.5 Å². The molecule has 0 aliphatic carbocycles. The van der Waals surface area contributed by atoms with Crippen LogP contribution in [-0.2, 0) is 17.5 Å². The van der Waals surface area contributed by atoms with Crippen LogP contribution >= 0.6 is 0 Å². The topological polar surface area (TPSA) is 64.7 Å². The zero-order chi connectivity index (χ0) is 16.2. The van der Waals surface area contributed by atoms with Gasteiger partial charge >= 0.3 is 6.18 Å². The molecule has 0 radical (unpaired) electrons. The molecule has 6 nitrogen and oxygen atoms in total. The number of aryl methyl sites for hydroxylation is 1. The molecule has 1 atom stereocenters. The quantitative estimate of drug-likeness (QED) is 0.828. The number of halogens is 3. The molecule has 2 aromatic rings. The third kappa shape index (κ3) is 4.09. The van der Waals surface area contributed by atoms with Gasteiger partial charge in [-0.3, -0.25) is 9.48 Å². The first kappa shape index (κ1) is 16.1. The molecule has 1 N–H and O–H groups in total. The van der Waals surface area contributed by atoms with Gasteiger partial charge in [0.05, 0.1) is 6.33 Å². The average molecular weight is 315 g/mol. The summed E-state index contributed by atoms with van der Waals surface area (Å²) in [6.45, 7) is 2.63. The van der Waals surface area contributed by atoms with Crippen molar-refractivity contribution in [2.24, 2.45) is 0 Å². The lowest BCUT2D eigenvalue weighted by Crippen LogP contribution is -2.32. The van der Waals surface area contributed by atoms with E-state index in [0.717, 1.165) is 16.9 Å². The minimum atomic E-state index is -4.51. The number of nitrogens with one attached hydrogen (secondary N) is 1. The van der Waals surface area contributed by atoms with Crippen LogP contribution in [0, 0.1) is 0 Å². The van der Waals surface area contributed by atoms with E-state index < -0.39 is 17.9 Å². The molecule has 0 aromatic carbocycles. The highest BCUT2D eigenvalue weighted by atomic mass is 19.4. The molecule has 1 amide bonds. The van der Waals surface area contributed by atoms with Gasteiger partial charge in [-0.05, 0) is 19.4 Å². The van der Waals surface area contributed by atoms with Gasteiger partial charge in [-0.25, -0.2) is 4.98 Å². The molecule has 0 spiro atoms. The van der Waals surface area contributed by atoms with Crippen molar-refractivity contribution in [1.29, 1.82) is 0 Å². The van der Waals surface area contributed by atoms with E-state index in [4.69, 9.17) is 0 Å². The Labute approximate surface area is 124 Å². The molecule has 0 saturated heterocycles. The number of carbonyl (C=O) groups is 1. The zero-order valence-corrected chi connectivity index (χ0v) is 11.9. The fourth-order valence-electron chi connectivity index (χ4n) is 1.86. The molecule has 0 aliphatic heterocycles. The number of aromatic nitrogens is 4. The van der Waals surface area contributed by atoms with Crippen LogP contribution in [0.2, 0.25) is 0 Å². The number of alkyl halides is 3. The zero-order valence-electron chi connectivity index (χ0n) is 11.9. The molecule has 0 saturated carbocycles. The highest BCUT2D eigenvalue weighted by Gasteiger charge is 2.34. The smallest absolute Gasteiger partial charge is 0.354 e. The van der Waals surface area contributed by atoms with E-state index in [-0.39, 0.29) is 5.91 Å². The lowest BCUT2D eigenvalue weighted by atomic mass is 10.3. The van der Waals surface area contributed by atoms with Crippen LogP contribution in [0.4, 0.5) is 13.2 Å². The molecule has 2 heterocycles. The van der Waals surface area contributed by atoms with Gasteiger partial charge in [0.2, 0.25) is 5.91 Å². The Hall–Kier alpha value is -2.32. The van der Waals surface area contributed by atoms with Gasteiger partial charge in [0.15, 0.2) is 5.69 Å². The van der Waals surface area contributed by atoms with E-state index in [2.05, 4.69) is 15.4 Å². The number of hydrogen-bond acceptors (Lipinski definition) is 3. The summed E-state index contributed by atoms with van der Waals surface area (Å²) in [5.74, 6) is -0.373. The largest absolute Gasteiger partial charge is 0.435 e. The van der Waals surface area contributed by atoms with E-state index in [1.165, 1.54) is 6.92 Å². The van der Waals surface area contributed by atoms with Crippen LogP contribution < -0.4 is 5.32 Å². The summed E-state index contributed by atoms with van der Waals surface area (Å²) in [5, 5.41) is 6.07. The van der Waals surface area contributed by atoms with Crippen molar-refractivity contribution in [1.82, 2.24) is 24.6 Å². The normalized spacial score (nSPS) is 13.1. The van der Waals surface area contributed by atoms with Gasteiger partial charge in [-0.2, -0.15) is 18.3 Å². The maximum Gasteiger partial charge on any atom is 0.435 e. The SMILES string of the molecule is CC(C(=O)NCCCn1ccnc1)n1ccc(C(F)(F)F)n1. The van der Waals surface area contributed by atoms with Crippen molar-refractivity contribution in [3.63, 3.8) is 0 Å². The second-order valence-electron chi connectivity index (χ2n) is 4.80. The first-order chi connectivity index (χ1) is 10.4. The monoisotopic (exact) mass is 315 g/mol. The number of hydrogen-bond donors (Lipinski definition) is 1. The summed E-state index contributed by atoms with van der Waals surface area (Å²) < 4.78 is 40.3. The van der Waals surface area contributed by atoms with Crippen LogP contribution in [0.1, 0.15) is 25.1 Å². The minimum absolute atomic E-state index is 0.373. The van der Waals surface area contributed by atoms with Crippen molar-refractivity contribution >= 4 is 5.91 Å². The van der Waals surface area contributed by atoms with Gasteiger partial charge in [-0.15, -0.1) is 0 Å². The lowest BCUT2D eigenvalue weighted by Gasteiger charge is -2.13. The Morgan fingerprint density at radius 1 is 1.41 bits per heavy atom. The van der Waals surface area contributed by atoms with Crippen molar-refractivity contribution < 1.29 is 18.0 Å². The van der Waals surface area contributed by atoms with E-state index >= 15 is 0 Å². The van der Waals surface area contributed by atoms with Gasteiger partial charge in [0, 0.05) is 31.7 Å². The summed E-state index contributed by atoms with van der Waals surface area (Å²) in [6.07, 6.45) is 2.49. The Balaban J connectivity index is 1.80. The molecule has 0 fully saturated rings. The van der Waals surface area contributed by atoms with Gasteiger partial charge in [-0.1, -0.05) is 0 Å². The molecule has 0 aliphatic rings. The molecular weight excluding hydrogens is 299 g/mol. The summed E-state index contributed by atoms with van der Waals surface area (Å²) in [4.78, 5) is 15.8. The summed E-state index contributed by atoms with van der Waals surface area (Å²) >= 11 is 0.